The van der Waals surface area contributed by atoms with Crippen molar-refractivity contribution in [1.82, 2.24) is 14.9 Å². The Labute approximate surface area is 198 Å². The number of benzene rings is 1. The first-order valence-corrected chi connectivity index (χ1v) is 12.9. The first-order chi connectivity index (χ1) is 16.0. The van der Waals surface area contributed by atoms with Crippen LogP contribution in [0.25, 0.3) is 0 Å². The van der Waals surface area contributed by atoms with Crippen LogP contribution in [0.3, 0.4) is 0 Å². The normalized spacial score (nSPS) is 18.0. The number of nitrogens with zero attached hydrogens (tertiary/aromatic N) is 2. The molecule has 1 aliphatic carbocycles. The Morgan fingerprint density at radius 3 is 2.41 bits per heavy atom. The van der Waals surface area contributed by atoms with Crippen LogP contribution in [0.4, 0.5) is 4.79 Å². The van der Waals surface area contributed by atoms with Crippen molar-refractivity contribution in [2.75, 3.05) is 19.3 Å². The summed E-state index contributed by atoms with van der Waals surface area (Å²) >= 11 is 0. The third-order valence-corrected chi connectivity index (χ3v) is 9.11. The quantitative estimate of drug-likeness (QED) is 0.309. The molecule has 1 atom stereocenters. The second-order valence-corrected chi connectivity index (χ2v) is 11.7. The molecule has 2 aromatic rings. The minimum atomic E-state index is -3.83. The fourth-order valence-electron chi connectivity index (χ4n) is 4.21. The number of hydrogen-bond donors (Lipinski definition) is 3. The molecule has 1 aliphatic heterocycles. The number of hydroxylamine groups is 1. The molecular weight excluding hydrogens is 456 g/mol. The third kappa shape index (κ3) is 4.22. The summed E-state index contributed by atoms with van der Waals surface area (Å²) < 4.78 is 23.9. The van der Waals surface area contributed by atoms with E-state index in [1.54, 1.807) is 6.20 Å². The van der Waals surface area contributed by atoms with E-state index < -0.39 is 20.5 Å². The molecule has 1 saturated carbocycles. The number of nitrogens with two attached hydrogens (primary N) is 1. The molecule has 1 aromatic carbocycles. The molecule has 0 unspecified atom stereocenters. The van der Waals surface area contributed by atoms with Gasteiger partial charge in [0, 0.05) is 47.8 Å². The Morgan fingerprint density at radius 1 is 1.24 bits per heavy atom. The van der Waals surface area contributed by atoms with Gasteiger partial charge in [-0.05, 0) is 49.9 Å². The summed E-state index contributed by atoms with van der Waals surface area (Å²) in [6.45, 7) is 2.20. The Bertz CT molecular complexity index is 1300. The SMILES string of the molecule is C[C@@](CCN1Cc2cc(C#Cc3ccc(C4(CN)CC4)cc3)cn2C1=O)(C(=O)NO)S(C)(=O)=O. The number of amides is 2. The summed E-state index contributed by atoms with van der Waals surface area (Å²) in [4.78, 5) is 26.2. The maximum atomic E-state index is 12.8. The van der Waals surface area contributed by atoms with Gasteiger partial charge in [0.1, 0.15) is 0 Å². The molecule has 4 N–H and O–H groups in total. The molecular formula is C24H28N4O5S. The number of fused-ring (bicyclic) bond motifs is 1. The molecule has 0 saturated heterocycles. The maximum absolute atomic E-state index is 12.8. The summed E-state index contributed by atoms with van der Waals surface area (Å²) in [5, 5.41) is 8.95. The van der Waals surface area contributed by atoms with Crippen LogP contribution in [0.1, 0.15) is 48.6 Å². The molecule has 10 heteroatoms. The van der Waals surface area contributed by atoms with Gasteiger partial charge >= 0.3 is 6.03 Å². The van der Waals surface area contributed by atoms with Gasteiger partial charge in [-0.2, -0.15) is 0 Å². The van der Waals surface area contributed by atoms with Crippen LogP contribution in [-0.4, -0.2) is 59.1 Å². The molecule has 0 radical (unpaired) electrons. The van der Waals surface area contributed by atoms with E-state index in [4.69, 9.17) is 10.9 Å². The van der Waals surface area contributed by atoms with Gasteiger partial charge in [-0.15, -0.1) is 0 Å². The van der Waals surface area contributed by atoms with Gasteiger partial charge in [0.25, 0.3) is 5.91 Å². The molecule has 1 fully saturated rings. The van der Waals surface area contributed by atoms with Crippen molar-refractivity contribution in [2.24, 2.45) is 5.73 Å². The lowest BCUT2D eigenvalue weighted by Gasteiger charge is -2.27. The number of hydrogen-bond acceptors (Lipinski definition) is 6. The van der Waals surface area contributed by atoms with Crippen molar-refractivity contribution in [2.45, 2.75) is 42.9 Å². The fourth-order valence-corrected chi connectivity index (χ4v) is 5.06. The zero-order valence-electron chi connectivity index (χ0n) is 19.2. The molecule has 2 heterocycles. The van der Waals surface area contributed by atoms with Crippen LogP contribution in [0.5, 0.6) is 0 Å². The van der Waals surface area contributed by atoms with Crippen LogP contribution >= 0.6 is 0 Å². The number of nitrogens with one attached hydrogen (secondary N) is 1. The zero-order valence-corrected chi connectivity index (χ0v) is 20.0. The highest BCUT2D eigenvalue weighted by Gasteiger charge is 2.44. The average molecular weight is 485 g/mol. The summed E-state index contributed by atoms with van der Waals surface area (Å²) in [6, 6.07) is 9.62. The summed E-state index contributed by atoms with van der Waals surface area (Å²) in [5.41, 5.74) is 11.0. The van der Waals surface area contributed by atoms with Gasteiger partial charge < -0.3 is 10.6 Å². The van der Waals surface area contributed by atoms with Crippen molar-refractivity contribution in [3.8, 4) is 11.8 Å². The van der Waals surface area contributed by atoms with Gasteiger partial charge in [-0.1, -0.05) is 24.0 Å². The number of carbonyl (C=O) groups is 2. The molecule has 180 valence electrons. The second kappa shape index (κ2) is 8.58. The lowest BCUT2D eigenvalue weighted by atomic mass is 9.95. The molecule has 34 heavy (non-hydrogen) atoms. The molecule has 0 bridgehead atoms. The van der Waals surface area contributed by atoms with Crippen molar-refractivity contribution in [1.29, 1.82) is 0 Å². The van der Waals surface area contributed by atoms with E-state index in [1.807, 2.05) is 18.2 Å². The predicted molar refractivity (Wildman–Crippen MR) is 126 cm³/mol. The van der Waals surface area contributed by atoms with E-state index in [0.29, 0.717) is 12.1 Å². The van der Waals surface area contributed by atoms with Crippen LogP contribution in [0.2, 0.25) is 0 Å². The van der Waals surface area contributed by atoms with Gasteiger partial charge in [-0.3, -0.25) is 14.6 Å². The Morgan fingerprint density at radius 2 is 1.88 bits per heavy atom. The van der Waals surface area contributed by atoms with E-state index in [0.717, 1.165) is 30.4 Å². The van der Waals surface area contributed by atoms with Crippen LogP contribution in [0.15, 0.2) is 36.5 Å². The van der Waals surface area contributed by atoms with Crippen LogP contribution in [-0.2, 0) is 26.6 Å². The molecule has 0 spiro atoms. The zero-order chi connectivity index (χ0) is 24.7. The van der Waals surface area contributed by atoms with E-state index in [1.165, 1.54) is 27.4 Å². The van der Waals surface area contributed by atoms with Gasteiger partial charge in [-0.25, -0.2) is 18.7 Å². The Kier molecular flexibility index (Phi) is 6.06. The topological polar surface area (TPSA) is 135 Å². The third-order valence-electron chi connectivity index (χ3n) is 7.08. The maximum Gasteiger partial charge on any atom is 0.328 e. The highest BCUT2D eigenvalue weighted by atomic mass is 32.2. The van der Waals surface area contributed by atoms with E-state index in [-0.39, 0.29) is 31.0 Å². The lowest BCUT2D eigenvalue weighted by molar-refractivity contribution is -0.131. The Hall–Kier alpha value is -3.13. The first-order valence-electron chi connectivity index (χ1n) is 11.0. The van der Waals surface area contributed by atoms with Gasteiger partial charge in [0.15, 0.2) is 14.6 Å². The number of rotatable bonds is 7. The van der Waals surface area contributed by atoms with E-state index in [9.17, 15) is 18.0 Å². The van der Waals surface area contributed by atoms with Crippen molar-refractivity contribution in [3.05, 3.63) is 58.9 Å². The Balaban J connectivity index is 1.42. The predicted octanol–water partition coefficient (Wildman–Crippen LogP) is 1.36. The van der Waals surface area contributed by atoms with Crippen molar-refractivity contribution >= 4 is 21.8 Å². The van der Waals surface area contributed by atoms with Crippen LogP contribution in [0, 0.1) is 11.8 Å². The monoisotopic (exact) mass is 484 g/mol. The molecule has 4 rings (SSSR count). The average Bonchev–Trinajstić information content (AvgIpc) is 3.43. The standard InChI is InChI=1S/C24H28N4O5S/c1-23(21(29)26-31,34(2,32)33)11-12-27-15-20-13-18(14-28(20)22(27)30)4-3-17-5-7-19(8-6-17)24(16-25)9-10-24/h5-8,13-14,31H,9-12,15-16,25H2,1-2H3,(H,26,29)/t23-/m1/s1. The van der Waals surface area contributed by atoms with Gasteiger partial charge in [0.05, 0.1) is 6.54 Å². The highest BCUT2D eigenvalue weighted by Crippen LogP contribution is 2.47. The first kappa shape index (κ1) is 24.0. The summed E-state index contributed by atoms with van der Waals surface area (Å²) in [5.74, 6) is 5.18. The van der Waals surface area contributed by atoms with Crippen molar-refractivity contribution in [3.63, 3.8) is 0 Å². The largest absolute Gasteiger partial charge is 0.330 e. The summed E-state index contributed by atoms with van der Waals surface area (Å²) in [7, 11) is -3.83. The molecule has 1 aromatic heterocycles. The molecule has 2 aliphatic rings. The number of carbonyl (C=O) groups excluding carboxylic acids is 2. The minimum Gasteiger partial charge on any atom is -0.330 e. The molecule has 2 amide bonds. The second-order valence-electron chi connectivity index (χ2n) is 9.30. The lowest BCUT2D eigenvalue weighted by Crippen LogP contribution is -2.50. The smallest absolute Gasteiger partial charge is 0.328 e. The number of sulfone groups is 1. The molecule has 9 nitrogen and oxygen atoms in total. The summed E-state index contributed by atoms with van der Waals surface area (Å²) in [6.07, 6.45) is 4.68. The van der Waals surface area contributed by atoms with Gasteiger partial charge in [0.2, 0.25) is 0 Å². The van der Waals surface area contributed by atoms with Crippen LogP contribution < -0.4 is 11.2 Å². The minimum absolute atomic E-state index is 0.0369. The fraction of sp³-hybridized carbons (Fsp3) is 0.417. The van der Waals surface area contributed by atoms with E-state index >= 15 is 0 Å². The van der Waals surface area contributed by atoms with Crippen molar-refractivity contribution < 1.29 is 23.2 Å². The van der Waals surface area contributed by atoms with E-state index in [2.05, 4.69) is 24.0 Å². The number of aromatic nitrogens is 1. The highest BCUT2D eigenvalue weighted by molar-refractivity contribution is 7.92.